The maximum absolute atomic E-state index is 13.3. The molecule has 0 bridgehead atoms. The van der Waals surface area contributed by atoms with Crippen LogP contribution in [0.15, 0.2) is 69.7 Å². The van der Waals surface area contributed by atoms with Gasteiger partial charge < -0.3 is 14.5 Å². The summed E-state index contributed by atoms with van der Waals surface area (Å²) in [5, 5.41) is 1.06. The van der Waals surface area contributed by atoms with E-state index in [0.29, 0.717) is 30.1 Å². The molecule has 0 spiro atoms. The fraction of sp³-hybridized carbons (Fsp3) is 0.250. The van der Waals surface area contributed by atoms with E-state index in [0.717, 1.165) is 22.2 Å². The van der Waals surface area contributed by atoms with Gasteiger partial charge in [-0.2, -0.15) is 4.31 Å². The number of benzene rings is 2. The lowest BCUT2D eigenvalue weighted by molar-refractivity contribution is -0.132. The highest BCUT2D eigenvalue weighted by molar-refractivity contribution is 7.91. The molecule has 1 aliphatic heterocycles. The van der Waals surface area contributed by atoms with E-state index < -0.39 is 14.9 Å². The molecule has 3 heterocycles. The van der Waals surface area contributed by atoms with Crippen molar-refractivity contribution >= 4 is 38.2 Å². The summed E-state index contributed by atoms with van der Waals surface area (Å²) in [6.07, 6.45) is 0. The smallest absolute Gasteiger partial charge is 0.305 e. The molecule has 2 aromatic carbocycles. The van der Waals surface area contributed by atoms with Crippen LogP contribution in [0.1, 0.15) is 5.69 Å². The molecule has 1 fully saturated rings. The van der Waals surface area contributed by atoms with Crippen LogP contribution in [0.4, 0.5) is 0 Å². The second kappa shape index (κ2) is 8.86. The normalized spacial score (nSPS) is 15.1. The van der Waals surface area contributed by atoms with Gasteiger partial charge in [0.05, 0.1) is 0 Å². The number of H-pyrrole nitrogens is 1. The van der Waals surface area contributed by atoms with Crippen molar-refractivity contribution < 1.29 is 13.2 Å². The van der Waals surface area contributed by atoms with E-state index in [2.05, 4.69) is 11.1 Å². The number of fused-ring (bicyclic) bond motifs is 1. The second-order valence-corrected chi connectivity index (χ2v) is 11.4. The predicted octanol–water partition coefficient (Wildman–Crippen LogP) is 2.90. The first kappa shape index (κ1) is 22.6. The van der Waals surface area contributed by atoms with E-state index in [-0.39, 0.29) is 29.8 Å². The van der Waals surface area contributed by atoms with Crippen LogP contribution < -0.4 is 4.87 Å². The molecule has 1 saturated heterocycles. The number of piperazine rings is 1. The number of hydrogen-bond donors (Lipinski definition) is 1. The third kappa shape index (κ3) is 4.08. The molecule has 0 atom stereocenters. The zero-order chi connectivity index (χ0) is 23.9. The summed E-state index contributed by atoms with van der Waals surface area (Å²) in [7, 11) is -3.77. The zero-order valence-electron chi connectivity index (χ0n) is 18.6. The van der Waals surface area contributed by atoms with Gasteiger partial charge in [0.15, 0.2) is 4.21 Å². The van der Waals surface area contributed by atoms with Gasteiger partial charge in [0.2, 0.25) is 5.91 Å². The first-order valence-corrected chi connectivity index (χ1v) is 13.2. The van der Waals surface area contributed by atoms with Crippen molar-refractivity contribution in [2.45, 2.75) is 17.7 Å². The molecule has 5 rings (SSSR count). The van der Waals surface area contributed by atoms with Crippen LogP contribution >= 0.6 is 11.3 Å². The number of sulfonamides is 1. The molecule has 1 amide bonds. The quantitative estimate of drug-likeness (QED) is 0.460. The summed E-state index contributed by atoms with van der Waals surface area (Å²) in [6.45, 7) is 2.74. The van der Waals surface area contributed by atoms with Gasteiger partial charge in [0.25, 0.3) is 10.0 Å². The summed E-state index contributed by atoms with van der Waals surface area (Å²) >= 11 is 0.701. The molecule has 0 saturated carbocycles. The monoisotopic (exact) mass is 496 g/mol. The highest BCUT2D eigenvalue weighted by atomic mass is 32.2. The first-order valence-electron chi connectivity index (χ1n) is 11.0. The van der Waals surface area contributed by atoms with Gasteiger partial charge in [-0.1, -0.05) is 59.9 Å². The molecule has 8 nitrogen and oxygen atoms in total. The van der Waals surface area contributed by atoms with Crippen LogP contribution in [-0.4, -0.2) is 59.3 Å². The molecule has 10 heteroatoms. The summed E-state index contributed by atoms with van der Waals surface area (Å²) in [6, 6.07) is 20.0. The number of thiazole rings is 1. The molecular weight excluding hydrogens is 472 g/mol. The van der Waals surface area contributed by atoms with Gasteiger partial charge in [-0.05, 0) is 24.6 Å². The number of aromatic nitrogens is 2. The van der Waals surface area contributed by atoms with Gasteiger partial charge in [-0.15, -0.1) is 0 Å². The Morgan fingerprint density at radius 2 is 1.68 bits per heavy atom. The maximum atomic E-state index is 13.3. The van der Waals surface area contributed by atoms with Crippen LogP contribution in [0.3, 0.4) is 0 Å². The average Bonchev–Trinajstić information content (AvgIpc) is 3.39. The highest BCUT2D eigenvalue weighted by Gasteiger charge is 2.33. The Balaban J connectivity index is 1.35. The lowest BCUT2D eigenvalue weighted by atomic mass is 10.1. The molecule has 0 unspecified atom stereocenters. The van der Waals surface area contributed by atoms with E-state index in [1.807, 2.05) is 59.2 Å². The van der Waals surface area contributed by atoms with Crippen molar-refractivity contribution in [2.24, 2.45) is 0 Å². The SMILES string of the molecule is Cc1[nH]c(=O)sc1S(=O)(=O)N1CCN(C(=O)Cn2c(-c3ccccc3)cc3ccccc32)CC1. The zero-order valence-corrected chi connectivity index (χ0v) is 20.2. The van der Waals surface area contributed by atoms with Crippen molar-refractivity contribution in [1.82, 2.24) is 18.8 Å². The van der Waals surface area contributed by atoms with Crippen molar-refractivity contribution in [3.8, 4) is 11.3 Å². The molecule has 1 N–H and O–H groups in total. The number of carbonyl (C=O) groups excluding carboxylic acids is 1. The Kier molecular flexibility index (Phi) is 5.88. The number of aryl methyl sites for hydroxylation is 1. The Morgan fingerprint density at radius 3 is 2.35 bits per heavy atom. The molecule has 1 aliphatic rings. The van der Waals surface area contributed by atoms with E-state index >= 15 is 0 Å². The highest BCUT2D eigenvalue weighted by Crippen LogP contribution is 2.29. The number of amides is 1. The summed E-state index contributed by atoms with van der Waals surface area (Å²) < 4.78 is 29.4. The van der Waals surface area contributed by atoms with Crippen LogP contribution in [0.2, 0.25) is 0 Å². The molecule has 176 valence electrons. The number of nitrogens with one attached hydrogen (secondary N) is 1. The van der Waals surface area contributed by atoms with Crippen LogP contribution in [0, 0.1) is 6.92 Å². The lowest BCUT2D eigenvalue weighted by Crippen LogP contribution is -2.51. The largest absolute Gasteiger partial charge is 0.339 e. The standard InChI is InChI=1S/C24H24N4O4S2/c1-17-23(33-24(30)25-17)34(31,32)27-13-11-26(12-14-27)22(29)16-28-20-10-6-5-9-19(20)15-21(28)18-7-3-2-4-8-18/h2-10,15H,11-14,16H2,1H3,(H,25,30). The lowest BCUT2D eigenvalue weighted by Gasteiger charge is -2.34. The van der Waals surface area contributed by atoms with Crippen molar-refractivity contribution in [2.75, 3.05) is 26.2 Å². The first-order chi connectivity index (χ1) is 16.3. The molecule has 34 heavy (non-hydrogen) atoms. The Bertz CT molecular complexity index is 1510. The van der Waals surface area contributed by atoms with Gasteiger partial charge in [0.1, 0.15) is 6.54 Å². The molecule has 2 aromatic heterocycles. The van der Waals surface area contributed by atoms with Crippen LogP contribution in [-0.2, 0) is 21.4 Å². The fourth-order valence-electron chi connectivity index (χ4n) is 4.40. The van der Waals surface area contributed by atoms with E-state index in [1.165, 1.54) is 4.31 Å². The van der Waals surface area contributed by atoms with Gasteiger partial charge >= 0.3 is 4.87 Å². The van der Waals surface area contributed by atoms with Gasteiger partial charge in [0, 0.05) is 48.5 Å². The van der Waals surface area contributed by atoms with E-state index in [9.17, 15) is 18.0 Å². The Labute approximate surface area is 201 Å². The van der Waals surface area contributed by atoms with Crippen molar-refractivity contribution in [1.29, 1.82) is 0 Å². The molecule has 4 aromatic rings. The predicted molar refractivity (Wildman–Crippen MR) is 132 cm³/mol. The summed E-state index contributed by atoms with van der Waals surface area (Å²) in [5.74, 6) is -0.0573. The molecular formula is C24H24N4O4S2. The number of para-hydroxylation sites is 1. The molecule has 0 aliphatic carbocycles. The molecule has 0 radical (unpaired) electrons. The van der Waals surface area contributed by atoms with Crippen molar-refractivity contribution in [3.63, 3.8) is 0 Å². The summed E-state index contributed by atoms with van der Waals surface area (Å²) in [4.78, 5) is 28.7. The third-order valence-corrected chi connectivity index (χ3v) is 9.60. The van der Waals surface area contributed by atoms with E-state index in [4.69, 9.17) is 0 Å². The second-order valence-electron chi connectivity index (χ2n) is 8.25. The Hall–Kier alpha value is -3.21. The third-order valence-electron chi connectivity index (χ3n) is 6.12. The van der Waals surface area contributed by atoms with Gasteiger partial charge in [-0.3, -0.25) is 9.59 Å². The van der Waals surface area contributed by atoms with E-state index in [1.54, 1.807) is 11.8 Å². The minimum Gasteiger partial charge on any atom is -0.339 e. The number of hydrogen-bond acceptors (Lipinski definition) is 5. The minimum absolute atomic E-state index is 0.0450. The average molecular weight is 497 g/mol. The number of nitrogens with zero attached hydrogens (tertiary/aromatic N) is 3. The van der Waals surface area contributed by atoms with Crippen LogP contribution in [0.5, 0.6) is 0 Å². The number of rotatable bonds is 5. The van der Waals surface area contributed by atoms with Crippen molar-refractivity contribution in [3.05, 3.63) is 76.0 Å². The Morgan fingerprint density at radius 1 is 1.00 bits per heavy atom. The topological polar surface area (TPSA) is 95.5 Å². The number of carbonyl (C=O) groups is 1. The fourth-order valence-corrected chi connectivity index (χ4v) is 7.25. The number of aromatic amines is 1. The van der Waals surface area contributed by atoms with Crippen LogP contribution in [0.25, 0.3) is 22.2 Å². The summed E-state index contributed by atoms with van der Waals surface area (Å²) in [5.41, 5.74) is 3.33. The maximum Gasteiger partial charge on any atom is 0.305 e. The minimum atomic E-state index is -3.77. The van der Waals surface area contributed by atoms with Gasteiger partial charge in [-0.25, -0.2) is 8.42 Å².